The zero-order valence-corrected chi connectivity index (χ0v) is 19.3. The quantitative estimate of drug-likeness (QED) is 0.327. The van der Waals surface area contributed by atoms with Crippen molar-refractivity contribution in [3.63, 3.8) is 0 Å². The van der Waals surface area contributed by atoms with Gasteiger partial charge in [-0.05, 0) is 25.1 Å². The Hall–Kier alpha value is -2.16. The van der Waals surface area contributed by atoms with Crippen LogP contribution in [0.4, 0.5) is 10.2 Å². The van der Waals surface area contributed by atoms with E-state index in [0.717, 1.165) is 0 Å². The average Bonchev–Trinajstić information content (AvgIpc) is 3.20. The van der Waals surface area contributed by atoms with E-state index in [1.165, 1.54) is 31.0 Å². The van der Waals surface area contributed by atoms with Crippen molar-refractivity contribution in [3.05, 3.63) is 58.2 Å². The zero-order chi connectivity index (χ0) is 22.8. The molecule has 12 heteroatoms. The minimum absolute atomic E-state index is 0.0562. The van der Waals surface area contributed by atoms with Crippen molar-refractivity contribution in [3.8, 4) is 16.9 Å². The van der Waals surface area contributed by atoms with Crippen LogP contribution in [-0.2, 0) is 19.9 Å². The van der Waals surface area contributed by atoms with Gasteiger partial charge in [0.05, 0.1) is 11.2 Å². The Balaban J connectivity index is 1.87. The van der Waals surface area contributed by atoms with Crippen molar-refractivity contribution >= 4 is 36.6 Å². The van der Waals surface area contributed by atoms with Gasteiger partial charge in [-0.15, -0.1) is 0 Å². The second-order valence-corrected chi connectivity index (χ2v) is 9.53. The molecule has 0 radical (unpaired) electrons. The summed E-state index contributed by atoms with van der Waals surface area (Å²) in [7, 11) is -0.669. The fourth-order valence-electron chi connectivity index (χ4n) is 2.83. The first-order valence-corrected chi connectivity index (χ1v) is 11.4. The molecule has 31 heavy (non-hydrogen) atoms. The summed E-state index contributed by atoms with van der Waals surface area (Å²) in [6.45, 7) is 1.67. The lowest BCUT2D eigenvalue weighted by Crippen LogP contribution is -2.08. The number of nitrogens with zero attached hydrogens (tertiary/aromatic N) is 3. The van der Waals surface area contributed by atoms with Crippen LogP contribution in [0.1, 0.15) is 18.6 Å². The molecule has 0 aliphatic rings. The molecule has 0 saturated heterocycles. The highest BCUT2D eigenvalue weighted by Gasteiger charge is 2.23. The maximum absolute atomic E-state index is 13.9. The Morgan fingerprint density at radius 2 is 1.94 bits per heavy atom. The fraction of sp³-hybridized carbons (Fsp3) is 0.263. The van der Waals surface area contributed by atoms with Crippen molar-refractivity contribution in [2.75, 3.05) is 20.0 Å². The van der Waals surface area contributed by atoms with Gasteiger partial charge in [-0.25, -0.2) is 9.37 Å². The molecule has 3 aromatic rings. The average molecular weight is 489 g/mol. The van der Waals surface area contributed by atoms with Crippen LogP contribution in [0.15, 0.2) is 36.8 Å². The van der Waals surface area contributed by atoms with Gasteiger partial charge in [-0.3, -0.25) is 9.25 Å². The Kier molecular flexibility index (Phi) is 7.24. The van der Waals surface area contributed by atoms with Gasteiger partial charge in [0.2, 0.25) is 0 Å². The van der Waals surface area contributed by atoms with E-state index in [9.17, 15) is 8.96 Å². The summed E-state index contributed by atoms with van der Waals surface area (Å²) in [5, 5.41) is 4.32. The summed E-state index contributed by atoms with van der Waals surface area (Å²) in [6, 6.07) is 4.25. The first-order chi connectivity index (χ1) is 14.7. The predicted molar refractivity (Wildman–Crippen MR) is 117 cm³/mol. The first-order valence-electron chi connectivity index (χ1n) is 8.96. The summed E-state index contributed by atoms with van der Waals surface area (Å²) in [5.41, 5.74) is 7.57. The van der Waals surface area contributed by atoms with Crippen LogP contribution in [0.25, 0.3) is 11.1 Å². The Bertz CT molecular complexity index is 1140. The Morgan fingerprint density at radius 1 is 1.23 bits per heavy atom. The normalized spacial score (nSPS) is 12.7. The number of nitrogen functional groups attached to an aromatic ring is 1. The molecule has 3 rings (SSSR count). The maximum atomic E-state index is 13.9. The minimum Gasteiger partial charge on any atom is -0.482 e. The van der Waals surface area contributed by atoms with E-state index in [4.69, 9.17) is 42.7 Å². The number of benzene rings is 1. The summed E-state index contributed by atoms with van der Waals surface area (Å²) in [6.07, 6.45) is 4.01. The zero-order valence-electron chi connectivity index (χ0n) is 16.9. The van der Waals surface area contributed by atoms with Gasteiger partial charge in [-0.1, -0.05) is 23.2 Å². The molecule has 0 aliphatic heterocycles. The van der Waals surface area contributed by atoms with Crippen LogP contribution in [0.2, 0.25) is 10.0 Å². The molecule has 8 nitrogen and oxygen atoms in total. The van der Waals surface area contributed by atoms with Crippen LogP contribution in [0, 0.1) is 5.82 Å². The molecule has 1 aromatic carbocycles. The van der Waals surface area contributed by atoms with Crippen LogP contribution in [0.5, 0.6) is 5.75 Å². The topological polar surface area (TPSA) is 101 Å². The van der Waals surface area contributed by atoms with Crippen LogP contribution < -0.4 is 10.5 Å². The lowest BCUT2D eigenvalue weighted by atomic mass is 10.1. The second kappa shape index (κ2) is 9.54. The number of pyridine rings is 1. The molecule has 2 aromatic heterocycles. The standard InChI is InChI=1S/C19H20Cl2FN4O4P/c1-11(17-14(20)4-5-15(22)18(17)21)30-16-6-12(7-24-19(16)23)13-8-25-26(9-13)10-31(27,28-2)29-3/h4-9,11H,10H2,1-3H3,(H2,23,24). The van der Waals surface area contributed by atoms with E-state index in [1.54, 1.807) is 31.6 Å². The van der Waals surface area contributed by atoms with Crippen molar-refractivity contribution in [1.82, 2.24) is 14.8 Å². The number of ether oxygens (including phenoxy) is 1. The molecular weight excluding hydrogens is 469 g/mol. The Labute approximate surface area is 188 Å². The van der Waals surface area contributed by atoms with Gasteiger partial charge < -0.3 is 19.5 Å². The third-order valence-electron chi connectivity index (χ3n) is 4.51. The number of nitrogens with two attached hydrogens (primary N) is 1. The van der Waals surface area contributed by atoms with E-state index >= 15 is 0 Å². The highest BCUT2D eigenvalue weighted by Crippen LogP contribution is 2.48. The molecular formula is C19H20Cl2FN4O4P. The van der Waals surface area contributed by atoms with Crippen LogP contribution in [-0.4, -0.2) is 29.0 Å². The molecule has 0 aliphatic carbocycles. The largest absolute Gasteiger partial charge is 0.482 e. The highest BCUT2D eigenvalue weighted by molar-refractivity contribution is 7.52. The minimum atomic E-state index is -3.28. The smallest absolute Gasteiger partial charge is 0.351 e. The molecule has 166 valence electrons. The first kappa shape index (κ1) is 23.5. The van der Waals surface area contributed by atoms with E-state index in [-0.39, 0.29) is 27.9 Å². The summed E-state index contributed by atoms with van der Waals surface area (Å²) < 4.78 is 43.4. The third-order valence-corrected chi connectivity index (χ3v) is 6.98. The molecule has 1 unspecified atom stereocenters. The van der Waals surface area contributed by atoms with Crippen molar-refractivity contribution in [2.24, 2.45) is 0 Å². The molecule has 2 heterocycles. The van der Waals surface area contributed by atoms with Crippen molar-refractivity contribution < 1.29 is 22.7 Å². The van der Waals surface area contributed by atoms with Crippen molar-refractivity contribution in [2.45, 2.75) is 19.3 Å². The molecule has 0 spiro atoms. The second-order valence-electron chi connectivity index (χ2n) is 6.51. The number of halogens is 3. The van der Waals surface area contributed by atoms with Gasteiger partial charge in [0, 0.05) is 48.3 Å². The third kappa shape index (κ3) is 5.19. The van der Waals surface area contributed by atoms with Gasteiger partial charge >= 0.3 is 7.60 Å². The lowest BCUT2D eigenvalue weighted by molar-refractivity contribution is 0.227. The van der Waals surface area contributed by atoms with Gasteiger partial charge in [-0.2, -0.15) is 5.10 Å². The lowest BCUT2D eigenvalue weighted by Gasteiger charge is -2.19. The van der Waals surface area contributed by atoms with Gasteiger partial charge in [0.1, 0.15) is 18.2 Å². The van der Waals surface area contributed by atoms with E-state index in [2.05, 4.69) is 10.1 Å². The van der Waals surface area contributed by atoms with Gasteiger partial charge in [0.25, 0.3) is 0 Å². The number of hydrogen-bond donors (Lipinski definition) is 1. The molecule has 0 bridgehead atoms. The maximum Gasteiger partial charge on any atom is 0.351 e. The molecule has 1 atom stereocenters. The fourth-order valence-corrected chi connectivity index (χ4v) is 4.40. The van der Waals surface area contributed by atoms with E-state index in [1.807, 2.05) is 0 Å². The predicted octanol–water partition coefficient (Wildman–Crippen LogP) is 5.56. The van der Waals surface area contributed by atoms with Crippen LogP contribution >= 0.6 is 30.8 Å². The number of rotatable bonds is 8. The number of aromatic nitrogens is 3. The molecule has 0 fully saturated rings. The van der Waals surface area contributed by atoms with E-state index in [0.29, 0.717) is 16.7 Å². The molecule has 0 saturated carbocycles. The monoisotopic (exact) mass is 488 g/mol. The van der Waals surface area contributed by atoms with Gasteiger partial charge in [0.15, 0.2) is 11.6 Å². The number of anilines is 1. The van der Waals surface area contributed by atoms with Crippen LogP contribution in [0.3, 0.4) is 0 Å². The SMILES string of the molecule is COP(=O)(Cn1cc(-c2cnc(N)c(OC(C)c3c(Cl)ccc(F)c3Cl)c2)cn1)OC. The summed E-state index contributed by atoms with van der Waals surface area (Å²) in [5.74, 6) is -0.211. The van der Waals surface area contributed by atoms with E-state index < -0.39 is 19.5 Å². The number of hydrogen-bond acceptors (Lipinski definition) is 7. The molecule has 2 N–H and O–H groups in total. The highest BCUT2D eigenvalue weighted by atomic mass is 35.5. The summed E-state index contributed by atoms with van der Waals surface area (Å²) in [4.78, 5) is 4.15. The molecule has 0 amide bonds. The van der Waals surface area contributed by atoms with Crippen molar-refractivity contribution in [1.29, 1.82) is 0 Å². The summed E-state index contributed by atoms with van der Waals surface area (Å²) >= 11 is 12.2. The Morgan fingerprint density at radius 3 is 2.61 bits per heavy atom.